The van der Waals surface area contributed by atoms with Crippen LogP contribution < -0.4 is 5.32 Å². The van der Waals surface area contributed by atoms with E-state index in [1.165, 1.54) is 6.26 Å². The number of aromatic nitrogens is 1. The third-order valence-corrected chi connectivity index (χ3v) is 2.32. The molecule has 0 atom stereocenters. The van der Waals surface area contributed by atoms with Crippen LogP contribution in [0.1, 0.15) is 17.0 Å². The van der Waals surface area contributed by atoms with Gasteiger partial charge in [-0.3, -0.25) is 0 Å². The Morgan fingerprint density at radius 1 is 1.32 bits per heavy atom. The van der Waals surface area contributed by atoms with Gasteiger partial charge in [0.25, 0.3) is 0 Å². The summed E-state index contributed by atoms with van der Waals surface area (Å²) in [6.45, 7) is 0.149. The van der Waals surface area contributed by atoms with Gasteiger partial charge in [0.05, 0.1) is 18.4 Å². The first kappa shape index (κ1) is 13.0. The molecule has 2 heterocycles. The molecule has 2 aromatic heterocycles. The van der Waals surface area contributed by atoms with Gasteiger partial charge < -0.3 is 9.73 Å². The van der Waals surface area contributed by atoms with Crippen molar-refractivity contribution in [3.63, 3.8) is 0 Å². The number of hydrogen-bond acceptors (Lipinski definition) is 4. The molecular weight excluding hydrogens is 259 g/mol. The summed E-state index contributed by atoms with van der Waals surface area (Å²) in [5.74, 6) is 0.414. The molecule has 0 fully saturated rings. The number of nitrogens with one attached hydrogen (secondary N) is 1. The van der Waals surface area contributed by atoms with E-state index in [1.807, 2.05) is 0 Å². The van der Waals surface area contributed by atoms with E-state index in [-0.39, 0.29) is 17.9 Å². The number of halogens is 3. The number of furan rings is 1. The zero-order valence-corrected chi connectivity index (χ0v) is 9.53. The number of hydrogen-bond donors (Lipinski definition) is 1. The number of anilines is 1. The van der Waals surface area contributed by atoms with Gasteiger partial charge in [-0.05, 0) is 24.3 Å². The highest BCUT2D eigenvalue weighted by Gasteiger charge is 2.33. The van der Waals surface area contributed by atoms with Crippen molar-refractivity contribution in [2.24, 2.45) is 0 Å². The Bertz CT molecular complexity index is 600. The first-order valence-electron chi connectivity index (χ1n) is 5.25. The van der Waals surface area contributed by atoms with E-state index in [1.54, 1.807) is 18.2 Å². The van der Waals surface area contributed by atoms with E-state index in [4.69, 9.17) is 9.68 Å². The van der Waals surface area contributed by atoms with E-state index >= 15 is 0 Å². The number of pyridine rings is 1. The van der Waals surface area contributed by atoms with Crippen molar-refractivity contribution >= 4 is 5.82 Å². The number of rotatable bonds is 3. The smallest absolute Gasteiger partial charge is 0.433 e. The molecule has 0 aliphatic heterocycles. The first-order chi connectivity index (χ1) is 9.00. The average Bonchev–Trinajstić information content (AvgIpc) is 2.88. The first-order valence-corrected chi connectivity index (χ1v) is 5.25. The van der Waals surface area contributed by atoms with Crippen molar-refractivity contribution in [3.05, 3.63) is 47.5 Å². The number of nitrogens with zero attached hydrogens (tertiary/aromatic N) is 2. The predicted molar refractivity (Wildman–Crippen MR) is 60.0 cm³/mol. The van der Waals surface area contributed by atoms with Gasteiger partial charge in [0, 0.05) is 0 Å². The topological polar surface area (TPSA) is 61.9 Å². The molecule has 1 N–H and O–H groups in total. The fraction of sp³-hybridized carbons (Fsp3) is 0.167. The molecule has 0 saturated heterocycles. The zero-order valence-electron chi connectivity index (χ0n) is 9.53. The normalized spacial score (nSPS) is 11.1. The van der Waals surface area contributed by atoms with Crippen LogP contribution in [0.15, 0.2) is 34.9 Å². The minimum Gasteiger partial charge on any atom is -0.467 e. The molecule has 0 unspecified atom stereocenters. The Kier molecular flexibility index (Phi) is 3.42. The van der Waals surface area contributed by atoms with Crippen molar-refractivity contribution in [2.45, 2.75) is 12.7 Å². The SMILES string of the molecule is N#Cc1ccc(C(F)(F)F)nc1NCc1ccco1. The van der Waals surface area contributed by atoms with Gasteiger partial charge in [0.15, 0.2) is 0 Å². The van der Waals surface area contributed by atoms with Gasteiger partial charge in [-0.1, -0.05) is 0 Å². The minimum absolute atomic E-state index is 0.0413. The summed E-state index contributed by atoms with van der Waals surface area (Å²) in [6.07, 6.45) is -3.10. The van der Waals surface area contributed by atoms with Crippen LogP contribution in [-0.2, 0) is 12.7 Å². The number of nitriles is 1. The Hall–Kier alpha value is -2.49. The maximum absolute atomic E-state index is 12.5. The fourth-order valence-electron chi connectivity index (χ4n) is 1.43. The Morgan fingerprint density at radius 2 is 2.11 bits per heavy atom. The molecule has 0 bridgehead atoms. The molecule has 2 rings (SSSR count). The summed E-state index contributed by atoms with van der Waals surface area (Å²) in [5.41, 5.74) is -1.01. The highest BCUT2D eigenvalue weighted by Crippen LogP contribution is 2.29. The molecule has 0 aliphatic rings. The Balaban J connectivity index is 2.24. The van der Waals surface area contributed by atoms with Gasteiger partial charge in [0.1, 0.15) is 23.3 Å². The Labute approximate surface area is 106 Å². The second kappa shape index (κ2) is 5.02. The van der Waals surface area contributed by atoms with E-state index < -0.39 is 11.9 Å². The largest absolute Gasteiger partial charge is 0.467 e. The third kappa shape index (κ3) is 3.04. The lowest BCUT2D eigenvalue weighted by molar-refractivity contribution is -0.141. The van der Waals surface area contributed by atoms with Crippen LogP contribution in [0, 0.1) is 11.3 Å². The van der Waals surface area contributed by atoms with Crippen LogP contribution in [0.5, 0.6) is 0 Å². The maximum Gasteiger partial charge on any atom is 0.433 e. The fourth-order valence-corrected chi connectivity index (χ4v) is 1.43. The van der Waals surface area contributed by atoms with E-state index in [9.17, 15) is 13.2 Å². The van der Waals surface area contributed by atoms with Crippen LogP contribution in [0.4, 0.5) is 19.0 Å². The van der Waals surface area contributed by atoms with Crippen molar-refractivity contribution in [2.75, 3.05) is 5.32 Å². The maximum atomic E-state index is 12.5. The summed E-state index contributed by atoms with van der Waals surface area (Å²) in [5, 5.41) is 11.5. The molecule has 0 aromatic carbocycles. The van der Waals surface area contributed by atoms with Gasteiger partial charge in [-0.25, -0.2) is 4.98 Å². The van der Waals surface area contributed by atoms with Crippen LogP contribution in [-0.4, -0.2) is 4.98 Å². The van der Waals surface area contributed by atoms with Gasteiger partial charge in [-0.15, -0.1) is 0 Å². The summed E-state index contributed by atoms with van der Waals surface area (Å²) >= 11 is 0. The van der Waals surface area contributed by atoms with Crippen molar-refractivity contribution in [1.82, 2.24) is 4.98 Å². The standard InChI is InChI=1S/C12H8F3N3O/c13-12(14,15)10-4-3-8(6-16)11(18-10)17-7-9-2-1-5-19-9/h1-5H,7H2,(H,17,18). The van der Waals surface area contributed by atoms with Crippen LogP contribution in [0.25, 0.3) is 0 Å². The quantitative estimate of drug-likeness (QED) is 0.927. The summed E-state index contributed by atoms with van der Waals surface area (Å²) < 4.78 is 42.6. The lowest BCUT2D eigenvalue weighted by atomic mass is 10.2. The summed E-state index contributed by atoms with van der Waals surface area (Å²) in [7, 11) is 0. The molecule has 98 valence electrons. The number of alkyl halides is 3. The second-order valence-corrected chi connectivity index (χ2v) is 3.64. The molecule has 2 aromatic rings. The highest BCUT2D eigenvalue weighted by molar-refractivity contribution is 5.52. The lowest BCUT2D eigenvalue weighted by Crippen LogP contribution is -2.11. The molecule has 0 saturated carbocycles. The lowest BCUT2D eigenvalue weighted by Gasteiger charge is -2.10. The third-order valence-electron chi connectivity index (χ3n) is 2.32. The molecule has 19 heavy (non-hydrogen) atoms. The van der Waals surface area contributed by atoms with Crippen LogP contribution in [0.2, 0.25) is 0 Å². The molecule has 4 nitrogen and oxygen atoms in total. The minimum atomic E-state index is -4.55. The van der Waals surface area contributed by atoms with Crippen LogP contribution >= 0.6 is 0 Å². The molecular formula is C12H8F3N3O. The van der Waals surface area contributed by atoms with Crippen molar-refractivity contribution in [1.29, 1.82) is 5.26 Å². The zero-order chi connectivity index (χ0) is 13.9. The van der Waals surface area contributed by atoms with Crippen molar-refractivity contribution in [3.8, 4) is 6.07 Å². The van der Waals surface area contributed by atoms with Gasteiger partial charge in [0.2, 0.25) is 0 Å². The molecule has 0 aliphatic carbocycles. The molecule has 0 amide bonds. The molecule has 0 radical (unpaired) electrons. The summed E-state index contributed by atoms with van der Waals surface area (Å²) in [6, 6.07) is 6.95. The predicted octanol–water partition coefficient (Wildman–Crippen LogP) is 3.18. The molecule has 0 spiro atoms. The van der Waals surface area contributed by atoms with E-state index in [0.717, 1.165) is 12.1 Å². The highest BCUT2D eigenvalue weighted by atomic mass is 19.4. The second-order valence-electron chi connectivity index (χ2n) is 3.64. The van der Waals surface area contributed by atoms with Gasteiger partial charge >= 0.3 is 6.18 Å². The van der Waals surface area contributed by atoms with E-state index in [2.05, 4.69) is 10.3 Å². The van der Waals surface area contributed by atoms with Gasteiger partial charge in [-0.2, -0.15) is 18.4 Å². The average molecular weight is 267 g/mol. The monoisotopic (exact) mass is 267 g/mol. The van der Waals surface area contributed by atoms with Crippen molar-refractivity contribution < 1.29 is 17.6 Å². The van der Waals surface area contributed by atoms with Crippen LogP contribution in [0.3, 0.4) is 0 Å². The molecule has 7 heteroatoms. The van der Waals surface area contributed by atoms with E-state index in [0.29, 0.717) is 5.76 Å². The Morgan fingerprint density at radius 3 is 2.68 bits per heavy atom. The summed E-state index contributed by atoms with van der Waals surface area (Å²) in [4.78, 5) is 3.41.